The molecule has 1 saturated carbocycles. The fourth-order valence-electron chi connectivity index (χ4n) is 2.07. The molecule has 1 aromatic heterocycles. The number of nitrogens with one attached hydrogen (secondary N) is 2. The minimum atomic E-state index is 0.0122. The Morgan fingerprint density at radius 3 is 2.60 bits per heavy atom. The van der Waals surface area contributed by atoms with Crippen molar-refractivity contribution in [2.75, 3.05) is 5.32 Å². The van der Waals surface area contributed by atoms with Crippen LogP contribution in [0.4, 0.5) is 5.69 Å². The first kappa shape index (κ1) is 12.8. The number of rotatable bonds is 5. The fraction of sp³-hybridized carbons (Fsp3) is 0.312. The summed E-state index contributed by atoms with van der Waals surface area (Å²) < 4.78 is 5.35. The highest BCUT2D eigenvalue weighted by atomic mass is 16.3. The van der Waals surface area contributed by atoms with Crippen LogP contribution in [0.3, 0.4) is 0 Å². The average molecular weight is 270 g/mol. The molecule has 0 bridgehead atoms. The van der Waals surface area contributed by atoms with Crippen LogP contribution in [0.15, 0.2) is 47.1 Å². The van der Waals surface area contributed by atoms with Crippen molar-refractivity contribution in [2.45, 2.75) is 31.8 Å². The number of hydrogen-bond donors (Lipinski definition) is 2. The molecule has 0 aliphatic heterocycles. The van der Waals surface area contributed by atoms with Gasteiger partial charge in [-0.15, -0.1) is 0 Å². The van der Waals surface area contributed by atoms with E-state index in [0.717, 1.165) is 24.3 Å². The topological polar surface area (TPSA) is 54.3 Å². The van der Waals surface area contributed by atoms with Gasteiger partial charge in [-0.1, -0.05) is 0 Å². The third-order valence-electron chi connectivity index (χ3n) is 3.41. The molecule has 1 heterocycles. The molecule has 1 aromatic carbocycles. The maximum absolute atomic E-state index is 11.9. The highest BCUT2D eigenvalue weighted by molar-refractivity contribution is 5.94. The summed E-state index contributed by atoms with van der Waals surface area (Å²) in [6, 6.07) is 11.8. The Hall–Kier alpha value is -2.23. The van der Waals surface area contributed by atoms with Crippen LogP contribution in [-0.4, -0.2) is 11.9 Å². The standard InChI is InChI=1S/C16H18N2O2/c1-11(15-3-2-10-20-15)17-13-6-4-12(5-7-13)16(19)18-14-8-9-14/h2-7,10-11,14,17H,8-9H2,1H3,(H,18,19). The molecular weight excluding hydrogens is 252 g/mol. The van der Waals surface area contributed by atoms with Gasteiger partial charge in [0.15, 0.2) is 0 Å². The van der Waals surface area contributed by atoms with Gasteiger partial charge in [-0.3, -0.25) is 4.79 Å². The van der Waals surface area contributed by atoms with Gasteiger partial charge < -0.3 is 15.1 Å². The van der Waals surface area contributed by atoms with E-state index >= 15 is 0 Å². The monoisotopic (exact) mass is 270 g/mol. The van der Waals surface area contributed by atoms with Crippen LogP contribution < -0.4 is 10.6 Å². The van der Waals surface area contributed by atoms with E-state index in [9.17, 15) is 4.79 Å². The molecule has 1 aliphatic carbocycles. The summed E-state index contributed by atoms with van der Waals surface area (Å²) in [6.07, 6.45) is 3.87. The Morgan fingerprint density at radius 2 is 2.00 bits per heavy atom. The molecule has 1 aliphatic rings. The van der Waals surface area contributed by atoms with E-state index in [4.69, 9.17) is 4.42 Å². The maximum Gasteiger partial charge on any atom is 0.251 e. The summed E-state index contributed by atoms with van der Waals surface area (Å²) in [7, 11) is 0. The van der Waals surface area contributed by atoms with Gasteiger partial charge in [-0.05, 0) is 56.2 Å². The lowest BCUT2D eigenvalue weighted by Gasteiger charge is -2.13. The van der Waals surface area contributed by atoms with Crippen LogP contribution in [0.1, 0.15) is 41.9 Å². The van der Waals surface area contributed by atoms with Gasteiger partial charge in [0, 0.05) is 17.3 Å². The molecule has 1 unspecified atom stereocenters. The lowest BCUT2D eigenvalue weighted by Crippen LogP contribution is -2.25. The van der Waals surface area contributed by atoms with Crippen LogP contribution in [0.2, 0.25) is 0 Å². The third-order valence-corrected chi connectivity index (χ3v) is 3.41. The van der Waals surface area contributed by atoms with Crippen molar-refractivity contribution >= 4 is 11.6 Å². The Labute approximate surface area is 118 Å². The van der Waals surface area contributed by atoms with E-state index in [0.29, 0.717) is 11.6 Å². The third kappa shape index (κ3) is 3.02. The predicted molar refractivity (Wildman–Crippen MR) is 77.7 cm³/mol. The molecule has 0 saturated heterocycles. The minimum Gasteiger partial charge on any atom is -0.467 e. The van der Waals surface area contributed by atoms with Crippen LogP contribution >= 0.6 is 0 Å². The number of amides is 1. The van der Waals surface area contributed by atoms with Gasteiger partial charge in [-0.25, -0.2) is 0 Å². The molecule has 2 aromatic rings. The fourth-order valence-corrected chi connectivity index (χ4v) is 2.07. The second-order valence-corrected chi connectivity index (χ2v) is 5.21. The van der Waals surface area contributed by atoms with Crippen molar-refractivity contribution in [2.24, 2.45) is 0 Å². The average Bonchev–Trinajstić information content (AvgIpc) is 3.08. The largest absolute Gasteiger partial charge is 0.467 e. The molecule has 3 rings (SSSR count). The Morgan fingerprint density at radius 1 is 1.25 bits per heavy atom. The maximum atomic E-state index is 11.9. The second kappa shape index (κ2) is 5.41. The lowest BCUT2D eigenvalue weighted by atomic mass is 10.1. The summed E-state index contributed by atoms with van der Waals surface area (Å²) in [5.41, 5.74) is 1.67. The molecular formula is C16H18N2O2. The Balaban J connectivity index is 1.62. The lowest BCUT2D eigenvalue weighted by molar-refractivity contribution is 0.0951. The summed E-state index contributed by atoms with van der Waals surface area (Å²) in [4.78, 5) is 11.9. The zero-order valence-corrected chi connectivity index (χ0v) is 11.4. The van der Waals surface area contributed by atoms with Crippen LogP contribution in [0.5, 0.6) is 0 Å². The minimum absolute atomic E-state index is 0.0122. The molecule has 4 nitrogen and oxygen atoms in total. The second-order valence-electron chi connectivity index (χ2n) is 5.21. The summed E-state index contributed by atoms with van der Waals surface area (Å²) >= 11 is 0. The first-order valence-corrected chi connectivity index (χ1v) is 6.93. The molecule has 1 amide bonds. The van der Waals surface area contributed by atoms with Crippen molar-refractivity contribution in [3.63, 3.8) is 0 Å². The van der Waals surface area contributed by atoms with E-state index in [1.807, 2.05) is 43.3 Å². The molecule has 4 heteroatoms. The number of anilines is 1. The van der Waals surface area contributed by atoms with Crippen molar-refractivity contribution in [3.05, 3.63) is 54.0 Å². The molecule has 104 valence electrons. The van der Waals surface area contributed by atoms with E-state index in [-0.39, 0.29) is 11.9 Å². The molecule has 1 fully saturated rings. The number of furan rings is 1. The van der Waals surface area contributed by atoms with Crippen LogP contribution in [0.25, 0.3) is 0 Å². The number of hydrogen-bond acceptors (Lipinski definition) is 3. The van der Waals surface area contributed by atoms with Gasteiger partial charge in [0.25, 0.3) is 5.91 Å². The van der Waals surface area contributed by atoms with Crippen molar-refractivity contribution in [1.82, 2.24) is 5.32 Å². The zero-order chi connectivity index (χ0) is 13.9. The van der Waals surface area contributed by atoms with Gasteiger partial charge in [0.2, 0.25) is 0 Å². The van der Waals surface area contributed by atoms with E-state index < -0.39 is 0 Å². The van der Waals surface area contributed by atoms with Crippen molar-refractivity contribution in [3.8, 4) is 0 Å². The van der Waals surface area contributed by atoms with Crippen LogP contribution in [0, 0.1) is 0 Å². The molecule has 1 atom stereocenters. The summed E-state index contributed by atoms with van der Waals surface area (Å²) in [6.45, 7) is 2.03. The number of carbonyl (C=O) groups is 1. The highest BCUT2D eigenvalue weighted by Gasteiger charge is 2.23. The summed E-state index contributed by atoms with van der Waals surface area (Å²) in [5.74, 6) is 0.902. The van der Waals surface area contributed by atoms with Gasteiger partial charge in [0.05, 0.1) is 12.3 Å². The molecule has 2 N–H and O–H groups in total. The zero-order valence-electron chi connectivity index (χ0n) is 11.4. The SMILES string of the molecule is CC(Nc1ccc(C(=O)NC2CC2)cc1)c1ccco1. The molecule has 20 heavy (non-hydrogen) atoms. The predicted octanol–water partition coefficient (Wildman–Crippen LogP) is 3.34. The highest BCUT2D eigenvalue weighted by Crippen LogP contribution is 2.21. The first-order chi connectivity index (χ1) is 9.72. The smallest absolute Gasteiger partial charge is 0.251 e. The normalized spacial score (nSPS) is 15.7. The van der Waals surface area contributed by atoms with Gasteiger partial charge in [0.1, 0.15) is 5.76 Å². The summed E-state index contributed by atoms with van der Waals surface area (Å²) in [5, 5.41) is 6.32. The number of benzene rings is 1. The Kier molecular flexibility index (Phi) is 3.46. The van der Waals surface area contributed by atoms with Gasteiger partial charge in [-0.2, -0.15) is 0 Å². The molecule has 0 spiro atoms. The van der Waals surface area contributed by atoms with E-state index in [2.05, 4.69) is 10.6 Å². The molecule has 0 radical (unpaired) electrons. The van der Waals surface area contributed by atoms with E-state index in [1.54, 1.807) is 6.26 Å². The Bertz CT molecular complexity index is 571. The quantitative estimate of drug-likeness (QED) is 0.876. The van der Waals surface area contributed by atoms with Crippen LogP contribution in [-0.2, 0) is 0 Å². The van der Waals surface area contributed by atoms with E-state index in [1.165, 1.54) is 0 Å². The first-order valence-electron chi connectivity index (χ1n) is 6.93. The van der Waals surface area contributed by atoms with Crippen molar-refractivity contribution in [1.29, 1.82) is 0 Å². The van der Waals surface area contributed by atoms with Gasteiger partial charge >= 0.3 is 0 Å². The van der Waals surface area contributed by atoms with Crippen molar-refractivity contribution < 1.29 is 9.21 Å². The number of carbonyl (C=O) groups excluding carboxylic acids is 1.